The average molecular weight is 291 g/mol. The number of nitrogens with zero attached hydrogens (tertiary/aromatic N) is 1. The van der Waals surface area contributed by atoms with Crippen LogP contribution in [0.5, 0.6) is 0 Å². The van der Waals surface area contributed by atoms with E-state index in [2.05, 4.69) is 11.8 Å². The maximum Gasteiger partial charge on any atom is 0.338 e. The molecule has 116 valence electrons. The van der Waals surface area contributed by atoms with Gasteiger partial charge in [0.25, 0.3) is 0 Å². The Balaban J connectivity index is 2.07. The van der Waals surface area contributed by atoms with Crippen LogP contribution in [-0.4, -0.2) is 43.8 Å². The van der Waals surface area contributed by atoms with E-state index >= 15 is 0 Å². The number of esters is 1. The van der Waals surface area contributed by atoms with Gasteiger partial charge in [-0.05, 0) is 44.4 Å². The molecule has 0 radical (unpaired) electrons. The van der Waals surface area contributed by atoms with Crippen molar-refractivity contribution in [3.63, 3.8) is 0 Å². The molecule has 1 aromatic rings. The van der Waals surface area contributed by atoms with E-state index in [-0.39, 0.29) is 11.6 Å². The van der Waals surface area contributed by atoms with Crippen molar-refractivity contribution in [1.29, 1.82) is 0 Å². The van der Waals surface area contributed by atoms with Gasteiger partial charge in [0.05, 0.1) is 18.3 Å². The molecule has 1 aliphatic rings. The molecule has 0 bridgehead atoms. The smallest absolute Gasteiger partial charge is 0.338 e. The molecule has 1 aliphatic heterocycles. The molecule has 21 heavy (non-hydrogen) atoms. The Morgan fingerprint density at radius 2 is 2.00 bits per heavy atom. The quantitative estimate of drug-likeness (QED) is 0.800. The Kier molecular flexibility index (Phi) is 5.37. The number of benzene rings is 1. The minimum Gasteiger partial charge on any atom is -0.465 e. The lowest BCUT2D eigenvalue weighted by atomic mass is 9.97. The first kappa shape index (κ1) is 16.0. The van der Waals surface area contributed by atoms with Crippen LogP contribution in [0.25, 0.3) is 0 Å². The van der Waals surface area contributed by atoms with E-state index in [1.807, 2.05) is 24.3 Å². The highest BCUT2D eigenvalue weighted by atomic mass is 16.5. The zero-order chi connectivity index (χ0) is 15.3. The minimum atomic E-state index is -0.262. The third-order valence-electron chi connectivity index (χ3n) is 4.45. The van der Waals surface area contributed by atoms with Gasteiger partial charge in [-0.3, -0.25) is 4.90 Å². The van der Waals surface area contributed by atoms with Crippen molar-refractivity contribution in [2.45, 2.75) is 38.3 Å². The molecule has 1 saturated heterocycles. The van der Waals surface area contributed by atoms with E-state index in [9.17, 15) is 4.79 Å². The lowest BCUT2D eigenvalue weighted by molar-refractivity contribution is -0.00585. The van der Waals surface area contributed by atoms with Crippen LogP contribution in [0.3, 0.4) is 0 Å². The first-order valence-corrected chi connectivity index (χ1v) is 7.52. The summed E-state index contributed by atoms with van der Waals surface area (Å²) in [5.41, 5.74) is 1.68. The third-order valence-corrected chi connectivity index (χ3v) is 4.45. The van der Waals surface area contributed by atoms with Gasteiger partial charge in [0, 0.05) is 20.2 Å². The summed E-state index contributed by atoms with van der Waals surface area (Å²) in [7, 11) is 3.22. The molecule has 1 atom stereocenters. The maximum absolute atomic E-state index is 11.8. The van der Waals surface area contributed by atoms with E-state index < -0.39 is 0 Å². The standard InChI is InChI=1S/C17H25NO3/c1-17(21-3)9-6-11-18(12-10-17)13-14-7-4-5-8-15(14)16(19)20-2/h4-5,7-8H,6,9-13H2,1-3H3/t17-/m1/s1. The maximum atomic E-state index is 11.8. The third kappa shape index (κ3) is 4.05. The van der Waals surface area contributed by atoms with Gasteiger partial charge in [0.2, 0.25) is 0 Å². The van der Waals surface area contributed by atoms with Gasteiger partial charge in [0.1, 0.15) is 0 Å². The van der Waals surface area contributed by atoms with Gasteiger partial charge in [-0.1, -0.05) is 18.2 Å². The topological polar surface area (TPSA) is 38.8 Å². The summed E-state index contributed by atoms with van der Waals surface area (Å²) in [5.74, 6) is -0.262. The molecule has 0 spiro atoms. The molecular weight excluding hydrogens is 266 g/mol. The van der Waals surface area contributed by atoms with Crippen LogP contribution in [-0.2, 0) is 16.0 Å². The summed E-state index contributed by atoms with van der Waals surface area (Å²) in [5, 5.41) is 0. The Bertz CT molecular complexity index is 489. The zero-order valence-electron chi connectivity index (χ0n) is 13.2. The second-order valence-electron chi connectivity index (χ2n) is 5.93. The van der Waals surface area contributed by atoms with Crippen molar-refractivity contribution >= 4 is 5.97 Å². The van der Waals surface area contributed by atoms with Gasteiger partial charge in [-0.2, -0.15) is 0 Å². The predicted octanol–water partition coefficient (Wildman–Crippen LogP) is 2.86. The predicted molar refractivity (Wildman–Crippen MR) is 82.3 cm³/mol. The van der Waals surface area contributed by atoms with E-state index in [0.717, 1.165) is 44.5 Å². The molecule has 2 rings (SSSR count). The van der Waals surface area contributed by atoms with Gasteiger partial charge in [-0.15, -0.1) is 0 Å². The molecule has 1 fully saturated rings. The molecule has 1 heterocycles. The summed E-state index contributed by atoms with van der Waals surface area (Å²) in [6, 6.07) is 7.68. The fourth-order valence-electron chi connectivity index (χ4n) is 2.88. The second kappa shape index (κ2) is 7.05. The van der Waals surface area contributed by atoms with Gasteiger partial charge >= 0.3 is 5.97 Å². The largest absolute Gasteiger partial charge is 0.465 e. The van der Waals surface area contributed by atoms with E-state index in [0.29, 0.717) is 5.56 Å². The summed E-state index contributed by atoms with van der Waals surface area (Å²) in [6.07, 6.45) is 3.22. The number of likely N-dealkylation sites (tertiary alicyclic amines) is 1. The average Bonchev–Trinajstić information content (AvgIpc) is 2.70. The highest BCUT2D eigenvalue weighted by Crippen LogP contribution is 2.26. The molecule has 4 heteroatoms. The van der Waals surface area contributed by atoms with E-state index in [4.69, 9.17) is 9.47 Å². The van der Waals surface area contributed by atoms with Crippen LogP contribution in [0.2, 0.25) is 0 Å². The first-order valence-electron chi connectivity index (χ1n) is 7.52. The van der Waals surface area contributed by atoms with E-state index in [1.54, 1.807) is 7.11 Å². The SMILES string of the molecule is COC(=O)c1ccccc1CN1CCC[C@@](C)(OC)CC1. The molecule has 1 aromatic carbocycles. The van der Waals surface area contributed by atoms with Gasteiger partial charge < -0.3 is 9.47 Å². The monoisotopic (exact) mass is 291 g/mol. The zero-order valence-corrected chi connectivity index (χ0v) is 13.2. The molecule has 4 nitrogen and oxygen atoms in total. The number of ether oxygens (including phenoxy) is 2. The molecule has 0 N–H and O–H groups in total. The molecule has 0 aromatic heterocycles. The van der Waals surface area contributed by atoms with Crippen molar-refractivity contribution in [3.05, 3.63) is 35.4 Å². The Labute approximate surface area is 127 Å². The summed E-state index contributed by atoms with van der Waals surface area (Å²) < 4.78 is 10.5. The summed E-state index contributed by atoms with van der Waals surface area (Å²) in [6.45, 7) is 4.98. The number of rotatable bonds is 4. The summed E-state index contributed by atoms with van der Waals surface area (Å²) in [4.78, 5) is 14.2. The fourth-order valence-corrected chi connectivity index (χ4v) is 2.88. The van der Waals surface area contributed by atoms with Crippen molar-refractivity contribution in [1.82, 2.24) is 4.90 Å². The van der Waals surface area contributed by atoms with E-state index in [1.165, 1.54) is 7.11 Å². The minimum absolute atomic E-state index is 0.0172. The fraction of sp³-hybridized carbons (Fsp3) is 0.588. The van der Waals surface area contributed by atoms with Crippen LogP contribution < -0.4 is 0 Å². The normalized spacial score (nSPS) is 23.6. The Morgan fingerprint density at radius 3 is 2.71 bits per heavy atom. The van der Waals surface area contributed by atoms with Crippen molar-refractivity contribution in [2.24, 2.45) is 0 Å². The van der Waals surface area contributed by atoms with Crippen molar-refractivity contribution in [2.75, 3.05) is 27.3 Å². The highest BCUT2D eigenvalue weighted by Gasteiger charge is 2.27. The van der Waals surface area contributed by atoms with Crippen LogP contribution in [0.15, 0.2) is 24.3 Å². The van der Waals surface area contributed by atoms with Crippen LogP contribution in [0, 0.1) is 0 Å². The van der Waals surface area contributed by atoms with Gasteiger partial charge in [0.15, 0.2) is 0 Å². The van der Waals surface area contributed by atoms with Gasteiger partial charge in [-0.25, -0.2) is 4.79 Å². The van der Waals surface area contributed by atoms with Crippen LogP contribution >= 0.6 is 0 Å². The number of carbonyl (C=O) groups excluding carboxylic acids is 1. The van der Waals surface area contributed by atoms with Crippen molar-refractivity contribution in [3.8, 4) is 0 Å². The second-order valence-corrected chi connectivity index (χ2v) is 5.93. The highest BCUT2D eigenvalue weighted by molar-refractivity contribution is 5.90. The van der Waals surface area contributed by atoms with Crippen LogP contribution in [0.4, 0.5) is 0 Å². The number of hydrogen-bond acceptors (Lipinski definition) is 4. The Morgan fingerprint density at radius 1 is 1.24 bits per heavy atom. The molecule has 0 amide bonds. The molecular formula is C17H25NO3. The lowest BCUT2D eigenvalue weighted by Crippen LogP contribution is -2.30. The molecule has 0 unspecified atom stereocenters. The molecule has 0 saturated carbocycles. The summed E-state index contributed by atoms with van der Waals surface area (Å²) >= 11 is 0. The lowest BCUT2D eigenvalue weighted by Gasteiger charge is -2.26. The number of carbonyl (C=O) groups is 1. The Hall–Kier alpha value is -1.39. The number of methoxy groups -OCH3 is 2. The molecule has 0 aliphatic carbocycles. The first-order chi connectivity index (χ1) is 10.1. The van der Waals surface area contributed by atoms with Crippen molar-refractivity contribution < 1.29 is 14.3 Å². The van der Waals surface area contributed by atoms with Crippen LogP contribution in [0.1, 0.15) is 42.1 Å². The number of hydrogen-bond donors (Lipinski definition) is 0.